The number of hydrogen-bond acceptors (Lipinski definition) is 9. The van der Waals surface area contributed by atoms with Gasteiger partial charge in [0.25, 0.3) is 15.9 Å². The van der Waals surface area contributed by atoms with E-state index in [-0.39, 0.29) is 34.5 Å². The number of nitrogens with one attached hydrogen (secondary N) is 1. The summed E-state index contributed by atoms with van der Waals surface area (Å²) in [7, 11) is -4.28. The highest BCUT2D eigenvalue weighted by atomic mass is 32.2. The lowest BCUT2D eigenvalue weighted by molar-refractivity contribution is 0.0981. The molecular weight excluding hydrogens is 540 g/mol. The number of pyridine rings is 3. The van der Waals surface area contributed by atoms with Gasteiger partial charge in [-0.05, 0) is 63.1 Å². The van der Waals surface area contributed by atoms with E-state index in [0.717, 1.165) is 12.0 Å². The standard InChI is InChI=1S/C30H32N6O4S/c1-19(2)40-27-15-12-22(18-32-27)25-14-13-24(30(37)35-41(38,39)28-11-7-10-26(31)34-28)29(33-25)36-17-16-23(20(36)3)21-8-5-4-6-9-21/h4-15,18-20,23H,16-17H2,1-3H3,(H2,31,34)(H,35,37). The van der Waals surface area contributed by atoms with Crippen LogP contribution >= 0.6 is 0 Å². The second-order valence-electron chi connectivity index (χ2n) is 10.2. The largest absolute Gasteiger partial charge is 0.475 e. The van der Waals surface area contributed by atoms with E-state index in [1.165, 1.54) is 23.8 Å². The van der Waals surface area contributed by atoms with E-state index in [1.807, 2.05) is 38.1 Å². The molecular formula is C30H32N6O4S. The fourth-order valence-electron chi connectivity index (χ4n) is 5.04. The zero-order chi connectivity index (χ0) is 29.1. The van der Waals surface area contributed by atoms with Crippen LogP contribution in [0.1, 0.15) is 49.0 Å². The molecule has 3 aromatic heterocycles. The van der Waals surface area contributed by atoms with Crippen LogP contribution in [0.5, 0.6) is 5.88 Å². The number of aromatic nitrogens is 3. The molecule has 0 saturated carbocycles. The van der Waals surface area contributed by atoms with Crippen LogP contribution in [0.3, 0.4) is 0 Å². The zero-order valence-corrected chi connectivity index (χ0v) is 23.9. The number of rotatable bonds is 8. The van der Waals surface area contributed by atoms with E-state index in [9.17, 15) is 13.2 Å². The number of carbonyl (C=O) groups excluding carboxylic acids is 1. The van der Waals surface area contributed by atoms with Gasteiger partial charge in [-0.15, -0.1) is 0 Å². The molecule has 212 valence electrons. The summed E-state index contributed by atoms with van der Waals surface area (Å²) in [6.45, 7) is 6.58. The Morgan fingerprint density at radius 3 is 2.49 bits per heavy atom. The summed E-state index contributed by atoms with van der Waals surface area (Å²) >= 11 is 0. The van der Waals surface area contributed by atoms with Crippen molar-refractivity contribution in [3.8, 4) is 17.1 Å². The van der Waals surface area contributed by atoms with Crippen molar-refractivity contribution in [2.24, 2.45) is 0 Å². The lowest BCUT2D eigenvalue weighted by atomic mass is 9.93. The minimum Gasteiger partial charge on any atom is -0.475 e. The monoisotopic (exact) mass is 572 g/mol. The van der Waals surface area contributed by atoms with E-state index < -0.39 is 15.9 Å². The van der Waals surface area contributed by atoms with Gasteiger partial charge in [0, 0.05) is 36.3 Å². The molecule has 0 aliphatic carbocycles. The Hall–Kier alpha value is -4.51. The van der Waals surface area contributed by atoms with Gasteiger partial charge in [0.1, 0.15) is 11.6 Å². The SMILES string of the molecule is CC(C)Oc1ccc(-c2ccc(C(=O)NS(=O)(=O)c3cccc(N)n3)c(N3CCC(c4ccccc4)C3C)n2)cn1. The van der Waals surface area contributed by atoms with Crippen molar-refractivity contribution in [2.75, 3.05) is 17.2 Å². The Morgan fingerprint density at radius 1 is 1.02 bits per heavy atom. The van der Waals surface area contributed by atoms with Crippen molar-refractivity contribution >= 4 is 27.6 Å². The number of hydrogen-bond donors (Lipinski definition) is 2. The Kier molecular flexibility index (Phi) is 7.89. The smallest absolute Gasteiger partial charge is 0.281 e. The first-order valence-electron chi connectivity index (χ1n) is 13.4. The third kappa shape index (κ3) is 6.14. The van der Waals surface area contributed by atoms with E-state index in [2.05, 4.69) is 38.6 Å². The van der Waals surface area contributed by atoms with Crippen molar-refractivity contribution < 1.29 is 17.9 Å². The number of ether oxygens (including phenoxy) is 1. The first-order chi connectivity index (χ1) is 19.6. The summed E-state index contributed by atoms with van der Waals surface area (Å²) in [6.07, 6.45) is 2.51. The number of nitrogens with two attached hydrogens (primary N) is 1. The second kappa shape index (κ2) is 11.5. The topological polar surface area (TPSA) is 140 Å². The molecule has 1 amide bonds. The lowest BCUT2D eigenvalue weighted by Crippen LogP contribution is -2.35. The van der Waals surface area contributed by atoms with Crippen LogP contribution in [0, 0.1) is 0 Å². The fraction of sp³-hybridized carbons (Fsp3) is 0.267. The zero-order valence-electron chi connectivity index (χ0n) is 23.1. The van der Waals surface area contributed by atoms with Crippen LogP contribution < -0.4 is 20.1 Å². The highest BCUT2D eigenvalue weighted by Crippen LogP contribution is 2.38. The van der Waals surface area contributed by atoms with Crippen molar-refractivity contribution in [1.82, 2.24) is 19.7 Å². The third-order valence-electron chi connectivity index (χ3n) is 7.01. The average molecular weight is 573 g/mol. The number of sulfonamides is 1. The molecule has 2 atom stereocenters. The minimum atomic E-state index is -4.28. The van der Waals surface area contributed by atoms with Crippen LogP contribution in [0.15, 0.2) is 84.0 Å². The number of amides is 1. The van der Waals surface area contributed by atoms with Gasteiger partial charge in [-0.25, -0.2) is 19.7 Å². The van der Waals surface area contributed by atoms with E-state index in [4.69, 9.17) is 15.5 Å². The van der Waals surface area contributed by atoms with Crippen LogP contribution in [0.4, 0.5) is 11.6 Å². The summed E-state index contributed by atoms with van der Waals surface area (Å²) in [5, 5.41) is -0.342. The molecule has 0 bridgehead atoms. The number of nitrogens with zero attached hydrogens (tertiary/aromatic N) is 4. The highest BCUT2D eigenvalue weighted by molar-refractivity contribution is 7.90. The lowest BCUT2D eigenvalue weighted by Gasteiger charge is -2.28. The van der Waals surface area contributed by atoms with Crippen LogP contribution in [0.2, 0.25) is 0 Å². The third-order valence-corrected chi connectivity index (χ3v) is 8.24. The summed E-state index contributed by atoms with van der Waals surface area (Å²) < 4.78 is 33.8. The molecule has 1 aliphatic heterocycles. The summed E-state index contributed by atoms with van der Waals surface area (Å²) in [6, 6.07) is 21.3. The summed E-state index contributed by atoms with van der Waals surface area (Å²) in [4.78, 5) is 28.7. The molecule has 2 unspecified atom stereocenters. The van der Waals surface area contributed by atoms with Crippen LogP contribution in [-0.2, 0) is 10.0 Å². The highest BCUT2D eigenvalue weighted by Gasteiger charge is 2.35. The Bertz CT molecular complexity index is 1650. The number of nitrogen functional groups attached to an aromatic ring is 1. The van der Waals surface area contributed by atoms with Crippen LogP contribution in [0.25, 0.3) is 11.3 Å². The van der Waals surface area contributed by atoms with Gasteiger partial charge in [0.2, 0.25) is 5.88 Å². The molecule has 41 heavy (non-hydrogen) atoms. The molecule has 1 aromatic carbocycles. The Morgan fingerprint density at radius 2 is 1.80 bits per heavy atom. The fourth-order valence-corrected chi connectivity index (χ4v) is 5.98. The molecule has 4 heterocycles. The van der Waals surface area contributed by atoms with Crippen molar-refractivity contribution in [1.29, 1.82) is 0 Å². The first-order valence-corrected chi connectivity index (χ1v) is 14.9. The molecule has 4 aromatic rings. The predicted octanol–water partition coefficient (Wildman–Crippen LogP) is 4.41. The van der Waals surface area contributed by atoms with Gasteiger partial charge in [-0.2, -0.15) is 8.42 Å². The number of carbonyl (C=O) groups is 1. The van der Waals surface area contributed by atoms with Gasteiger partial charge in [0.05, 0.1) is 17.4 Å². The van der Waals surface area contributed by atoms with Crippen molar-refractivity contribution in [2.45, 2.75) is 50.3 Å². The minimum absolute atomic E-state index is 0.00108. The maximum atomic E-state index is 13.5. The summed E-state index contributed by atoms with van der Waals surface area (Å²) in [5.41, 5.74) is 8.33. The van der Waals surface area contributed by atoms with E-state index in [1.54, 1.807) is 24.4 Å². The molecule has 1 saturated heterocycles. The predicted molar refractivity (Wildman–Crippen MR) is 157 cm³/mol. The van der Waals surface area contributed by atoms with Crippen LogP contribution in [-0.4, -0.2) is 48.0 Å². The number of anilines is 2. The van der Waals surface area contributed by atoms with Gasteiger partial charge < -0.3 is 15.4 Å². The maximum Gasteiger partial charge on any atom is 0.281 e. The summed E-state index contributed by atoms with van der Waals surface area (Å²) in [5.74, 6) is 0.330. The molecule has 0 radical (unpaired) electrons. The van der Waals surface area contributed by atoms with Gasteiger partial charge >= 0.3 is 0 Å². The average Bonchev–Trinajstić information content (AvgIpc) is 3.34. The maximum absolute atomic E-state index is 13.5. The second-order valence-corrected chi connectivity index (χ2v) is 11.8. The molecule has 3 N–H and O–H groups in total. The van der Waals surface area contributed by atoms with Gasteiger partial charge in [-0.1, -0.05) is 36.4 Å². The molecule has 11 heteroatoms. The number of benzene rings is 1. The molecule has 1 fully saturated rings. The van der Waals surface area contributed by atoms with Crippen molar-refractivity contribution in [3.63, 3.8) is 0 Å². The normalized spacial score (nSPS) is 17.0. The molecule has 1 aliphatic rings. The van der Waals surface area contributed by atoms with Crippen molar-refractivity contribution in [3.05, 3.63) is 90.1 Å². The molecule has 5 rings (SSSR count). The first kappa shape index (κ1) is 28.0. The van der Waals surface area contributed by atoms with E-state index in [0.29, 0.717) is 23.9 Å². The Labute approximate surface area is 239 Å². The van der Waals surface area contributed by atoms with Gasteiger partial charge in [-0.3, -0.25) is 4.79 Å². The van der Waals surface area contributed by atoms with Gasteiger partial charge in [0.15, 0.2) is 5.03 Å². The molecule has 0 spiro atoms. The van der Waals surface area contributed by atoms with E-state index >= 15 is 0 Å². The Balaban J connectivity index is 1.51. The molecule has 10 nitrogen and oxygen atoms in total. The quantitative estimate of drug-likeness (QED) is 0.314.